The first-order valence-electron chi connectivity index (χ1n) is 11.1. The van der Waals surface area contributed by atoms with Crippen LogP contribution in [0.2, 0.25) is 0 Å². The van der Waals surface area contributed by atoms with Crippen molar-refractivity contribution in [2.45, 2.75) is 70.3 Å². The van der Waals surface area contributed by atoms with Crippen LogP contribution < -0.4 is 14.8 Å². The minimum atomic E-state index is -0.496. The van der Waals surface area contributed by atoms with E-state index >= 15 is 0 Å². The summed E-state index contributed by atoms with van der Waals surface area (Å²) in [4.78, 5) is 26.5. The van der Waals surface area contributed by atoms with Crippen molar-refractivity contribution in [3.05, 3.63) is 44.7 Å². The van der Waals surface area contributed by atoms with Gasteiger partial charge in [-0.2, -0.15) is 0 Å². The zero-order chi connectivity index (χ0) is 21.5. The fourth-order valence-corrected chi connectivity index (χ4v) is 5.67. The molecule has 7 heteroatoms. The van der Waals surface area contributed by atoms with Crippen LogP contribution in [0.25, 0.3) is 0 Å². The smallest absolute Gasteiger partial charge is 0.337 e. The number of rotatable bonds is 3. The molecule has 5 rings (SSSR count). The Morgan fingerprint density at radius 1 is 1.10 bits per heavy atom. The summed E-state index contributed by atoms with van der Waals surface area (Å²) in [6.45, 7) is 2.06. The summed E-state index contributed by atoms with van der Waals surface area (Å²) in [5.74, 6) is 0.528. The van der Waals surface area contributed by atoms with E-state index in [1.165, 1.54) is 6.42 Å². The molecule has 0 amide bonds. The van der Waals surface area contributed by atoms with Crippen LogP contribution in [0.4, 0.5) is 0 Å². The van der Waals surface area contributed by atoms with E-state index in [-0.39, 0.29) is 24.6 Å². The van der Waals surface area contributed by atoms with Crippen molar-refractivity contribution in [3.8, 4) is 11.5 Å². The van der Waals surface area contributed by atoms with Gasteiger partial charge in [-0.3, -0.25) is 4.79 Å². The fraction of sp³-hybridized carbons (Fsp3) is 0.500. The molecule has 6 nitrogen and oxygen atoms in total. The number of allylic oxidation sites excluding steroid dienone is 3. The molecule has 0 spiro atoms. The van der Waals surface area contributed by atoms with Gasteiger partial charge in [-0.15, -0.1) is 0 Å². The number of Topliss-reactive ketones (excluding diaryl/α,β-unsaturated/α-hetero) is 1. The quantitative estimate of drug-likeness (QED) is 0.603. The number of carbonyl (C=O) groups excluding carboxylic acids is 2. The molecule has 0 unspecified atom stereocenters. The van der Waals surface area contributed by atoms with Crippen LogP contribution in [0, 0.1) is 0 Å². The molecule has 4 aliphatic rings. The zero-order valence-electron chi connectivity index (χ0n) is 17.6. The molecule has 1 saturated carbocycles. The van der Waals surface area contributed by atoms with Gasteiger partial charge in [0.15, 0.2) is 17.3 Å². The molecular formula is C24H26BrNO5. The number of ketones is 1. The van der Waals surface area contributed by atoms with Gasteiger partial charge in [0.25, 0.3) is 0 Å². The summed E-state index contributed by atoms with van der Waals surface area (Å²) < 4.78 is 17.8. The van der Waals surface area contributed by atoms with Crippen molar-refractivity contribution in [1.82, 2.24) is 5.32 Å². The Morgan fingerprint density at radius 3 is 2.61 bits per heavy atom. The predicted octanol–water partition coefficient (Wildman–Crippen LogP) is 5.02. The number of carbonyl (C=O) groups is 2. The summed E-state index contributed by atoms with van der Waals surface area (Å²) in [5.41, 5.74) is 3.68. The van der Waals surface area contributed by atoms with E-state index in [0.717, 1.165) is 60.0 Å². The molecule has 2 aliphatic carbocycles. The summed E-state index contributed by atoms with van der Waals surface area (Å²) in [6, 6.07) is 3.74. The standard InChI is InChI=1S/C24H26BrNO5/c1-13-21(24(28)31-14-6-3-2-4-7-14)22(23-17(26-13)8-5-9-18(23)27)15-10-19-20(11-16(15)25)30-12-29-19/h10-11,14,22,26H,2-9,12H2,1H3/t22-/m1/s1. The normalized spacial score (nSPS) is 23.5. The maximum Gasteiger partial charge on any atom is 0.337 e. The van der Waals surface area contributed by atoms with Gasteiger partial charge in [-0.1, -0.05) is 22.4 Å². The molecule has 1 atom stereocenters. The lowest BCUT2D eigenvalue weighted by Crippen LogP contribution is -2.35. The first-order chi connectivity index (χ1) is 15.0. The maximum atomic E-state index is 13.5. The van der Waals surface area contributed by atoms with E-state index in [1.807, 2.05) is 19.1 Å². The van der Waals surface area contributed by atoms with Gasteiger partial charge in [-0.25, -0.2) is 4.79 Å². The fourth-order valence-electron chi connectivity index (χ4n) is 5.12. The topological polar surface area (TPSA) is 73.9 Å². The molecule has 164 valence electrons. The van der Waals surface area contributed by atoms with Gasteiger partial charge < -0.3 is 19.5 Å². The average Bonchev–Trinajstić information content (AvgIpc) is 3.20. The van der Waals surface area contributed by atoms with Crippen LogP contribution in [0.15, 0.2) is 39.1 Å². The molecule has 1 aromatic rings. The first kappa shape index (κ1) is 20.6. The van der Waals surface area contributed by atoms with Gasteiger partial charge in [0.2, 0.25) is 6.79 Å². The Labute approximate surface area is 190 Å². The van der Waals surface area contributed by atoms with Gasteiger partial charge in [0, 0.05) is 33.8 Å². The average molecular weight is 488 g/mol. The minimum Gasteiger partial charge on any atom is -0.459 e. The summed E-state index contributed by atoms with van der Waals surface area (Å²) in [6.07, 6.45) is 7.19. The molecule has 1 N–H and O–H groups in total. The number of dihydropyridines is 1. The second-order valence-corrected chi connectivity index (χ2v) is 9.51. The molecule has 0 aromatic heterocycles. The SMILES string of the molecule is CC1=C(C(=O)OC2CCCCC2)[C@@H](c2cc3c(cc2Br)OCO3)C2=C(CCCC2=O)N1. The number of ether oxygens (including phenoxy) is 3. The molecule has 1 fully saturated rings. The molecule has 1 aromatic carbocycles. The molecule has 0 bridgehead atoms. The number of fused-ring (bicyclic) bond motifs is 1. The number of hydrogen-bond donors (Lipinski definition) is 1. The Hall–Kier alpha value is -2.28. The highest BCUT2D eigenvalue weighted by Gasteiger charge is 2.41. The van der Waals surface area contributed by atoms with Crippen LogP contribution in [-0.2, 0) is 14.3 Å². The van der Waals surface area contributed by atoms with E-state index in [9.17, 15) is 9.59 Å². The van der Waals surface area contributed by atoms with Crippen LogP contribution in [0.3, 0.4) is 0 Å². The monoisotopic (exact) mass is 487 g/mol. The van der Waals surface area contributed by atoms with Gasteiger partial charge >= 0.3 is 5.97 Å². The molecule has 31 heavy (non-hydrogen) atoms. The van der Waals surface area contributed by atoms with E-state index < -0.39 is 5.92 Å². The van der Waals surface area contributed by atoms with Crippen molar-refractivity contribution in [3.63, 3.8) is 0 Å². The third kappa shape index (κ3) is 3.77. The molecule has 0 radical (unpaired) electrons. The van der Waals surface area contributed by atoms with Crippen molar-refractivity contribution >= 4 is 27.7 Å². The largest absolute Gasteiger partial charge is 0.459 e. The van der Waals surface area contributed by atoms with Crippen molar-refractivity contribution in [2.75, 3.05) is 6.79 Å². The highest BCUT2D eigenvalue weighted by Crippen LogP contribution is 2.48. The number of esters is 1. The van der Waals surface area contributed by atoms with E-state index in [2.05, 4.69) is 21.2 Å². The van der Waals surface area contributed by atoms with E-state index in [0.29, 0.717) is 29.1 Å². The second-order valence-electron chi connectivity index (χ2n) is 8.66. The number of halogens is 1. The number of nitrogens with one attached hydrogen (secondary N) is 1. The third-order valence-electron chi connectivity index (χ3n) is 6.62. The van der Waals surface area contributed by atoms with E-state index in [1.54, 1.807) is 0 Å². The van der Waals surface area contributed by atoms with Crippen LogP contribution in [0.5, 0.6) is 11.5 Å². The minimum absolute atomic E-state index is 0.0557. The predicted molar refractivity (Wildman–Crippen MR) is 118 cm³/mol. The Morgan fingerprint density at radius 2 is 1.84 bits per heavy atom. The molecular weight excluding hydrogens is 462 g/mol. The lowest BCUT2D eigenvalue weighted by atomic mass is 9.75. The van der Waals surface area contributed by atoms with Gasteiger partial charge in [-0.05, 0) is 63.1 Å². The highest BCUT2D eigenvalue weighted by atomic mass is 79.9. The van der Waals surface area contributed by atoms with Crippen LogP contribution in [-0.4, -0.2) is 24.6 Å². The van der Waals surface area contributed by atoms with Crippen molar-refractivity contribution in [2.24, 2.45) is 0 Å². The van der Waals surface area contributed by atoms with Crippen molar-refractivity contribution in [1.29, 1.82) is 0 Å². The third-order valence-corrected chi connectivity index (χ3v) is 7.31. The van der Waals surface area contributed by atoms with Gasteiger partial charge in [0.05, 0.1) is 5.57 Å². The number of hydrogen-bond acceptors (Lipinski definition) is 6. The molecule has 0 saturated heterocycles. The summed E-state index contributed by atoms with van der Waals surface area (Å²) in [5, 5.41) is 3.35. The van der Waals surface area contributed by atoms with Crippen LogP contribution in [0.1, 0.15) is 69.8 Å². The summed E-state index contributed by atoms with van der Waals surface area (Å²) >= 11 is 3.65. The summed E-state index contributed by atoms with van der Waals surface area (Å²) in [7, 11) is 0. The lowest BCUT2D eigenvalue weighted by Gasteiger charge is -2.35. The molecule has 2 aliphatic heterocycles. The number of benzene rings is 1. The maximum absolute atomic E-state index is 13.5. The molecule has 2 heterocycles. The lowest BCUT2D eigenvalue weighted by molar-refractivity contribution is -0.146. The van der Waals surface area contributed by atoms with E-state index in [4.69, 9.17) is 14.2 Å². The van der Waals surface area contributed by atoms with Crippen LogP contribution >= 0.6 is 15.9 Å². The zero-order valence-corrected chi connectivity index (χ0v) is 19.2. The highest BCUT2D eigenvalue weighted by molar-refractivity contribution is 9.10. The Bertz CT molecular complexity index is 1010. The Kier molecular flexibility index (Phi) is 5.54. The first-order valence-corrected chi connectivity index (χ1v) is 11.9. The second kappa shape index (κ2) is 8.34. The van der Waals surface area contributed by atoms with Gasteiger partial charge in [0.1, 0.15) is 6.10 Å². The Balaban J connectivity index is 1.59. The van der Waals surface area contributed by atoms with Crippen molar-refractivity contribution < 1.29 is 23.8 Å².